The number of anilines is 2. The third-order valence-electron chi connectivity index (χ3n) is 3.69. The molecule has 0 aliphatic rings. The summed E-state index contributed by atoms with van der Waals surface area (Å²) in [7, 11) is 1.81. The third-order valence-corrected chi connectivity index (χ3v) is 4.41. The summed E-state index contributed by atoms with van der Waals surface area (Å²) in [6.45, 7) is -0.149. The average Bonchev–Trinajstić information content (AvgIpc) is 2.90. The van der Waals surface area contributed by atoms with Crippen LogP contribution < -0.4 is 10.8 Å². The number of fused-ring (bicyclic) bond motifs is 1. The Balaban J connectivity index is 2.03. The van der Waals surface area contributed by atoms with Gasteiger partial charge in [0, 0.05) is 34.1 Å². The lowest BCUT2D eigenvalue weighted by molar-refractivity contribution is 0.0163. The summed E-state index contributed by atoms with van der Waals surface area (Å²) in [4.78, 5) is 21.7. The minimum atomic E-state index is -0.403. The monoisotopic (exact) mass is 452 g/mol. The Bertz CT molecular complexity index is 893. The fraction of sp³-hybridized carbons (Fsp3) is 0.176. The number of benzene rings is 1. The number of aromatic nitrogens is 2. The number of nitrogens with one attached hydrogen (secondary N) is 2. The molecule has 3 N–H and O–H groups in total. The maximum atomic E-state index is 12.6. The van der Waals surface area contributed by atoms with E-state index in [2.05, 4.69) is 38.4 Å². The molecule has 0 atom stereocenters. The minimum absolute atomic E-state index is 0.0249. The van der Waals surface area contributed by atoms with Crippen molar-refractivity contribution in [3.63, 3.8) is 0 Å². The maximum Gasteiger partial charge on any atom is 0.293 e. The van der Waals surface area contributed by atoms with Crippen LogP contribution in [-0.4, -0.2) is 33.8 Å². The summed E-state index contributed by atoms with van der Waals surface area (Å²) >= 11 is 2.24. The number of hydroxylamine groups is 1. The second kappa shape index (κ2) is 7.81. The van der Waals surface area contributed by atoms with Gasteiger partial charge in [-0.25, -0.2) is 5.48 Å². The van der Waals surface area contributed by atoms with E-state index in [1.54, 1.807) is 17.0 Å². The molecular formula is C17H17IN4O3. The fourth-order valence-corrected chi connectivity index (χ4v) is 2.93. The molecule has 2 aromatic heterocycles. The largest absolute Gasteiger partial charge is 0.394 e. The van der Waals surface area contributed by atoms with Crippen LogP contribution >= 0.6 is 22.6 Å². The predicted octanol–water partition coefficient (Wildman–Crippen LogP) is 2.58. The van der Waals surface area contributed by atoms with Crippen LogP contribution in [-0.2, 0) is 11.9 Å². The molecule has 8 heteroatoms. The molecule has 0 spiro atoms. The summed E-state index contributed by atoms with van der Waals surface area (Å²) in [6, 6.07) is 9.70. The standard InChI is InChI=1S/C17H17IN4O3/c1-22-14-6-7-19-10-13(14)15(16(22)17(24)21-25-9-8-23)20-12-4-2-11(18)3-5-12/h2-7,10,20,23H,8-9H2,1H3,(H,21,24). The molecule has 0 bridgehead atoms. The van der Waals surface area contributed by atoms with Crippen molar-refractivity contribution >= 4 is 50.8 Å². The van der Waals surface area contributed by atoms with Gasteiger partial charge in [0.25, 0.3) is 5.91 Å². The molecule has 0 radical (unpaired) electrons. The number of aliphatic hydroxyl groups excluding tert-OH is 1. The van der Waals surface area contributed by atoms with Gasteiger partial charge in [0.15, 0.2) is 0 Å². The normalized spacial score (nSPS) is 10.8. The van der Waals surface area contributed by atoms with Crippen molar-refractivity contribution in [1.29, 1.82) is 0 Å². The maximum absolute atomic E-state index is 12.6. The van der Waals surface area contributed by atoms with E-state index < -0.39 is 5.91 Å². The highest BCUT2D eigenvalue weighted by Gasteiger charge is 2.21. The number of nitrogens with zero attached hydrogens (tertiary/aromatic N) is 2. The van der Waals surface area contributed by atoms with Crippen LogP contribution in [0.15, 0.2) is 42.7 Å². The van der Waals surface area contributed by atoms with Gasteiger partial charge < -0.3 is 15.0 Å². The molecule has 3 aromatic rings. The first kappa shape index (κ1) is 17.6. The highest BCUT2D eigenvalue weighted by Crippen LogP contribution is 2.32. The Hall–Kier alpha value is -2.17. The molecule has 0 saturated heterocycles. The van der Waals surface area contributed by atoms with Crippen molar-refractivity contribution < 1.29 is 14.7 Å². The lowest BCUT2D eigenvalue weighted by Crippen LogP contribution is -2.27. The first-order chi connectivity index (χ1) is 12.1. The number of hydrogen-bond donors (Lipinski definition) is 3. The molecule has 0 saturated carbocycles. The van der Waals surface area contributed by atoms with Crippen LogP contribution in [0.1, 0.15) is 10.5 Å². The number of carbonyl (C=O) groups is 1. The van der Waals surface area contributed by atoms with Gasteiger partial charge in [-0.05, 0) is 52.9 Å². The highest BCUT2D eigenvalue weighted by atomic mass is 127. The first-order valence-corrected chi connectivity index (χ1v) is 8.67. The molecule has 25 heavy (non-hydrogen) atoms. The smallest absolute Gasteiger partial charge is 0.293 e. The molecule has 1 aromatic carbocycles. The molecule has 130 valence electrons. The molecule has 0 unspecified atom stereocenters. The number of amides is 1. The van der Waals surface area contributed by atoms with Gasteiger partial charge in [0.1, 0.15) is 5.69 Å². The number of halogens is 1. The summed E-state index contributed by atoms with van der Waals surface area (Å²) < 4.78 is 2.90. The Labute approximate surface area is 158 Å². The summed E-state index contributed by atoms with van der Waals surface area (Å²) in [6.07, 6.45) is 3.40. The van der Waals surface area contributed by atoms with E-state index in [0.29, 0.717) is 11.4 Å². The molecule has 3 rings (SSSR count). The lowest BCUT2D eigenvalue weighted by Gasteiger charge is -2.11. The van der Waals surface area contributed by atoms with Gasteiger partial charge in [-0.2, -0.15) is 0 Å². The first-order valence-electron chi connectivity index (χ1n) is 7.60. The summed E-state index contributed by atoms with van der Waals surface area (Å²) in [5.74, 6) is -0.403. The van der Waals surface area contributed by atoms with E-state index in [4.69, 9.17) is 9.94 Å². The second-order valence-corrected chi connectivity index (χ2v) is 6.56. The Kier molecular flexibility index (Phi) is 5.51. The van der Waals surface area contributed by atoms with Crippen molar-refractivity contribution in [2.45, 2.75) is 0 Å². The van der Waals surface area contributed by atoms with Crippen LogP contribution in [0.5, 0.6) is 0 Å². The quantitative estimate of drug-likeness (QED) is 0.304. The van der Waals surface area contributed by atoms with Gasteiger partial charge in [-0.3, -0.25) is 14.6 Å². The predicted molar refractivity (Wildman–Crippen MR) is 104 cm³/mol. The van der Waals surface area contributed by atoms with Crippen LogP contribution in [0.4, 0.5) is 11.4 Å². The molecule has 0 aliphatic heterocycles. The van der Waals surface area contributed by atoms with E-state index in [9.17, 15) is 4.79 Å². The SMILES string of the molecule is Cn1c(C(=O)NOCCO)c(Nc2ccc(I)cc2)c2cnccc21. The second-order valence-electron chi connectivity index (χ2n) is 5.31. The van der Waals surface area contributed by atoms with Crippen LogP contribution in [0.3, 0.4) is 0 Å². The lowest BCUT2D eigenvalue weighted by atomic mass is 10.2. The van der Waals surface area contributed by atoms with Crippen molar-refractivity contribution in [3.05, 3.63) is 52.0 Å². The van der Waals surface area contributed by atoms with Crippen LogP contribution in [0, 0.1) is 3.57 Å². The zero-order valence-electron chi connectivity index (χ0n) is 13.5. The van der Waals surface area contributed by atoms with Crippen molar-refractivity contribution in [3.8, 4) is 0 Å². The number of carbonyl (C=O) groups excluding carboxylic acids is 1. The van der Waals surface area contributed by atoms with Crippen LogP contribution in [0.2, 0.25) is 0 Å². The number of rotatable bonds is 6. The zero-order chi connectivity index (χ0) is 17.8. The molecule has 0 fully saturated rings. The minimum Gasteiger partial charge on any atom is -0.394 e. The van der Waals surface area contributed by atoms with Gasteiger partial charge in [0.2, 0.25) is 0 Å². The molecular weight excluding hydrogens is 435 g/mol. The molecule has 0 aliphatic carbocycles. The van der Waals surface area contributed by atoms with Crippen molar-refractivity contribution in [1.82, 2.24) is 15.0 Å². The van der Waals surface area contributed by atoms with E-state index in [1.165, 1.54) is 0 Å². The Morgan fingerprint density at radius 2 is 2.08 bits per heavy atom. The van der Waals surface area contributed by atoms with Gasteiger partial charge in [-0.15, -0.1) is 0 Å². The van der Waals surface area contributed by atoms with Gasteiger partial charge in [-0.1, -0.05) is 0 Å². The Morgan fingerprint density at radius 3 is 2.80 bits per heavy atom. The summed E-state index contributed by atoms with van der Waals surface area (Å²) in [5, 5.41) is 12.9. The third kappa shape index (κ3) is 3.75. The molecule has 1 amide bonds. The van der Waals surface area contributed by atoms with Crippen LogP contribution in [0.25, 0.3) is 10.9 Å². The van der Waals surface area contributed by atoms with Gasteiger partial charge >= 0.3 is 0 Å². The summed E-state index contributed by atoms with van der Waals surface area (Å²) in [5.41, 5.74) is 5.16. The van der Waals surface area contributed by atoms with Gasteiger partial charge in [0.05, 0.1) is 24.4 Å². The van der Waals surface area contributed by atoms with E-state index in [-0.39, 0.29) is 13.2 Å². The zero-order valence-corrected chi connectivity index (χ0v) is 15.6. The molecule has 7 nitrogen and oxygen atoms in total. The average molecular weight is 452 g/mol. The van der Waals surface area contributed by atoms with Crippen molar-refractivity contribution in [2.75, 3.05) is 18.5 Å². The van der Waals surface area contributed by atoms with Crippen molar-refractivity contribution in [2.24, 2.45) is 7.05 Å². The van der Waals surface area contributed by atoms with E-state index >= 15 is 0 Å². The van der Waals surface area contributed by atoms with E-state index in [1.807, 2.05) is 37.4 Å². The number of aryl methyl sites for hydroxylation is 1. The topological polar surface area (TPSA) is 88.4 Å². The number of aliphatic hydroxyl groups is 1. The number of hydrogen-bond acceptors (Lipinski definition) is 5. The molecule has 2 heterocycles. The number of pyridine rings is 1. The Morgan fingerprint density at radius 1 is 1.32 bits per heavy atom. The fourth-order valence-electron chi connectivity index (χ4n) is 2.57. The van der Waals surface area contributed by atoms with E-state index in [0.717, 1.165) is 20.2 Å². The highest BCUT2D eigenvalue weighted by molar-refractivity contribution is 14.1.